The number of sulfone groups is 1. The number of pyridine rings is 1. The molecule has 0 bridgehead atoms. The molecule has 1 aliphatic heterocycles. The molecule has 3 aromatic rings. The maximum Gasteiger partial charge on any atom is 0.270 e. The van der Waals surface area contributed by atoms with Crippen LogP contribution in [0.3, 0.4) is 0 Å². The summed E-state index contributed by atoms with van der Waals surface area (Å²) in [6, 6.07) is 13.1. The number of fused-ring (bicyclic) bond motifs is 1. The van der Waals surface area contributed by atoms with Crippen LogP contribution < -0.4 is 4.90 Å². The van der Waals surface area contributed by atoms with Crippen molar-refractivity contribution in [3.63, 3.8) is 0 Å². The lowest BCUT2D eigenvalue weighted by atomic mass is 10.2. The lowest BCUT2D eigenvalue weighted by molar-refractivity contribution is 0.0742. The van der Waals surface area contributed by atoms with E-state index in [1.807, 2.05) is 35.2 Å². The van der Waals surface area contributed by atoms with Gasteiger partial charge in [-0.05, 0) is 45.0 Å². The van der Waals surface area contributed by atoms with E-state index in [0.29, 0.717) is 31.9 Å². The number of aromatic nitrogens is 2. The zero-order valence-electron chi connectivity index (χ0n) is 17.4. The summed E-state index contributed by atoms with van der Waals surface area (Å²) in [7, 11) is -3.47. The van der Waals surface area contributed by atoms with Crippen LogP contribution in [0.4, 0.5) is 5.69 Å². The van der Waals surface area contributed by atoms with Gasteiger partial charge in [-0.3, -0.25) is 4.79 Å². The fourth-order valence-corrected chi connectivity index (χ4v) is 4.62. The molecule has 1 saturated heterocycles. The normalized spacial score (nSPS) is 15.6. The number of carbonyl (C=O) groups is 1. The average molecular weight is 427 g/mol. The molecule has 2 aromatic heterocycles. The molecule has 1 fully saturated rings. The highest BCUT2D eigenvalue weighted by atomic mass is 32.2. The van der Waals surface area contributed by atoms with Gasteiger partial charge in [0.25, 0.3) is 5.91 Å². The van der Waals surface area contributed by atoms with Gasteiger partial charge in [0.05, 0.1) is 16.6 Å². The van der Waals surface area contributed by atoms with Gasteiger partial charge < -0.3 is 14.8 Å². The number of nitrogens with zero attached hydrogens (tertiary/aromatic N) is 3. The number of benzene rings is 1. The minimum atomic E-state index is -3.47. The van der Waals surface area contributed by atoms with E-state index < -0.39 is 14.6 Å². The van der Waals surface area contributed by atoms with Crippen LogP contribution in [0, 0.1) is 0 Å². The van der Waals surface area contributed by atoms with Crippen molar-refractivity contribution in [2.24, 2.45) is 0 Å². The SMILES string of the molecule is CC(C)(C)S(=O)(=O)c1ccc(N2CCN(C(=O)c3cc4ccccc4[nH]3)CC2)cn1. The van der Waals surface area contributed by atoms with Crippen molar-refractivity contribution in [1.82, 2.24) is 14.9 Å². The number of anilines is 1. The second kappa shape index (κ2) is 7.43. The smallest absolute Gasteiger partial charge is 0.270 e. The van der Waals surface area contributed by atoms with Crippen LogP contribution in [0.5, 0.6) is 0 Å². The number of carbonyl (C=O) groups excluding carboxylic acids is 1. The lowest BCUT2D eigenvalue weighted by Gasteiger charge is -2.35. The van der Waals surface area contributed by atoms with Crippen LogP contribution in [0.25, 0.3) is 10.9 Å². The number of piperazine rings is 1. The van der Waals surface area contributed by atoms with E-state index in [0.717, 1.165) is 16.6 Å². The Morgan fingerprint density at radius 3 is 2.33 bits per heavy atom. The van der Waals surface area contributed by atoms with Gasteiger partial charge >= 0.3 is 0 Å². The monoisotopic (exact) mass is 426 g/mol. The molecule has 1 aliphatic rings. The molecule has 7 nitrogen and oxygen atoms in total. The van der Waals surface area contributed by atoms with E-state index in [1.54, 1.807) is 39.1 Å². The van der Waals surface area contributed by atoms with Crippen LogP contribution in [0.15, 0.2) is 53.7 Å². The third-order valence-corrected chi connectivity index (χ3v) is 7.90. The minimum Gasteiger partial charge on any atom is -0.367 e. The summed E-state index contributed by atoms with van der Waals surface area (Å²) in [6.45, 7) is 7.52. The van der Waals surface area contributed by atoms with Crippen molar-refractivity contribution in [2.45, 2.75) is 30.5 Å². The molecule has 0 unspecified atom stereocenters. The van der Waals surface area contributed by atoms with Gasteiger partial charge in [-0.25, -0.2) is 13.4 Å². The van der Waals surface area contributed by atoms with E-state index in [9.17, 15) is 13.2 Å². The predicted molar refractivity (Wildman–Crippen MR) is 118 cm³/mol. The van der Waals surface area contributed by atoms with Gasteiger partial charge in [0.1, 0.15) is 5.69 Å². The second-order valence-electron chi connectivity index (χ2n) is 8.52. The maximum absolute atomic E-state index is 12.9. The fourth-order valence-electron chi connectivity index (χ4n) is 3.56. The standard InChI is InChI=1S/C22H26N4O3S/c1-22(2,3)30(28,29)20-9-8-17(15-23-20)25-10-12-26(13-11-25)21(27)19-14-16-6-4-5-7-18(16)24-19/h4-9,14-15,24H,10-13H2,1-3H3. The van der Waals surface area contributed by atoms with Crippen molar-refractivity contribution in [3.05, 3.63) is 54.4 Å². The van der Waals surface area contributed by atoms with Crippen LogP contribution in [-0.2, 0) is 9.84 Å². The molecule has 1 amide bonds. The van der Waals surface area contributed by atoms with E-state index in [-0.39, 0.29) is 10.9 Å². The highest BCUT2D eigenvalue weighted by Gasteiger charge is 2.32. The molecule has 1 aromatic carbocycles. The first-order valence-corrected chi connectivity index (χ1v) is 11.5. The van der Waals surface area contributed by atoms with Crippen molar-refractivity contribution in [1.29, 1.82) is 0 Å². The number of H-pyrrole nitrogens is 1. The summed E-state index contributed by atoms with van der Waals surface area (Å²) in [4.78, 5) is 24.2. The lowest BCUT2D eigenvalue weighted by Crippen LogP contribution is -2.49. The Labute approximate surface area is 176 Å². The van der Waals surface area contributed by atoms with Crippen molar-refractivity contribution in [2.75, 3.05) is 31.1 Å². The molecule has 3 heterocycles. The summed E-state index contributed by atoms with van der Waals surface area (Å²) < 4.78 is 24.2. The molecule has 30 heavy (non-hydrogen) atoms. The van der Waals surface area contributed by atoms with E-state index in [2.05, 4.69) is 14.9 Å². The topological polar surface area (TPSA) is 86.4 Å². The maximum atomic E-state index is 12.9. The van der Waals surface area contributed by atoms with Gasteiger partial charge in [0, 0.05) is 37.1 Å². The zero-order chi connectivity index (χ0) is 21.5. The highest BCUT2D eigenvalue weighted by molar-refractivity contribution is 7.92. The number of nitrogens with one attached hydrogen (secondary N) is 1. The summed E-state index contributed by atoms with van der Waals surface area (Å²) in [6.07, 6.45) is 1.60. The van der Waals surface area contributed by atoms with Crippen molar-refractivity contribution < 1.29 is 13.2 Å². The molecule has 0 radical (unpaired) electrons. The third-order valence-electron chi connectivity index (χ3n) is 5.49. The van der Waals surface area contributed by atoms with Crippen molar-refractivity contribution in [3.8, 4) is 0 Å². The Morgan fingerprint density at radius 1 is 1.03 bits per heavy atom. The van der Waals surface area contributed by atoms with Crippen LogP contribution in [-0.4, -0.2) is 60.1 Å². The van der Waals surface area contributed by atoms with Crippen LogP contribution in [0.2, 0.25) is 0 Å². The Hall–Kier alpha value is -2.87. The van der Waals surface area contributed by atoms with Gasteiger partial charge in [-0.15, -0.1) is 0 Å². The summed E-state index contributed by atoms with van der Waals surface area (Å²) in [5.41, 5.74) is 2.42. The predicted octanol–water partition coefficient (Wildman–Crippen LogP) is 3.10. The number of amides is 1. The minimum absolute atomic E-state index is 0.00408. The first kappa shape index (κ1) is 20.4. The van der Waals surface area contributed by atoms with Gasteiger partial charge in [-0.1, -0.05) is 18.2 Å². The molecule has 0 atom stereocenters. The van der Waals surface area contributed by atoms with Gasteiger partial charge in [0.15, 0.2) is 14.9 Å². The molecule has 1 N–H and O–H groups in total. The molecule has 0 aliphatic carbocycles. The summed E-state index contributed by atoms with van der Waals surface area (Å²) >= 11 is 0. The van der Waals surface area contributed by atoms with E-state index in [4.69, 9.17) is 0 Å². The zero-order valence-corrected chi connectivity index (χ0v) is 18.2. The largest absolute Gasteiger partial charge is 0.367 e. The summed E-state index contributed by atoms with van der Waals surface area (Å²) in [5, 5.41) is 1.11. The number of hydrogen-bond donors (Lipinski definition) is 1. The molecule has 8 heteroatoms. The van der Waals surface area contributed by atoms with Crippen LogP contribution >= 0.6 is 0 Å². The Bertz CT molecular complexity index is 1140. The quantitative estimate of drug-likeness (QED) is 0.696. The molecule has 0 spiro atoms. The fraction of sp³-hybridized carbons (Fsp3) is 0.364. The van der Waals surface area contributed by atoms with Gasteiger partial charge in [-0.2, -0.15) is 0 Å². The number of para-hydroxylation sites is 1. The molecular weight excluding hydrogens is 400 g/mol. The van der Waals surface area contributed by atoms with E-state index >= 15 is 0 Å². The molecule has 4 rings (SSSR count). The number of aromatic amines is 1. The van der Waals surface area contributed by atoms with Crippen LogP contribution in [0.1, 0.15) is 31.3 Å². The molecular formula is C22H26N4O3S. The Kier molecular flexibility index (Phi) is 5.05. The molecule has 158 valence electrons. The first-order valence-electron chi connectivity index (χ1n) is 9.99. The Morgan fingerprint density at radius 2 is 1.73 bits per heavy atom. The van der Waals surface area contributed by atoms with Crippen molar-refractivity contribution >= 4 is 32.3 Å². The Balaban J connectivity index is 1.42. The number of hydrogen-bond acceptors (Lipinski definition) is 5. The number of rotatable bonds is 3. The van der Waals surface area contributed by atoms with Gasteiger partial charge in [0.2, 0.25) is 0 Å². The third kappa shape index (κ3) is 3.67. The molecule has 0 saturated carbocycles. The second-order valence-corrected chi connectivity index (χ2v) is 11.2. The first-order chi connectivity index (χ1) is 14.2. The summed E-state index contributed by atoms with van der Waals surface area (Å²) in [5.74, 6) is -0.00408. The van der Waals surface area contributed by atoms with E-state index in [1.165, 1.54) is 0 Å². The highest BCUT2D eigenvalue weighted by Crippen LogP contribution is 2.25. The average Bonchev–Trinajstić information content (AvgIpc) is 3.17.